The van der Waals surface area contributed by atoms with Crippen LogP contribution < -0.4 is 0 Å². The third kappa shape index (κ3) is 1.83. The summed E-state index contributed by atoms with van der Waals surface area (Å²) in [5.41, 5.74) is 0.995. The first-order valence-corrected chi connectivity index (χ1v) is 3.42. The van der Waals surface area contributed by atoms with Gasteiger partial charge in [-0.2, -0.15) is 0 Å². The molecule has 0 heterocycles. The quantitative estimate of drug-likeness (QED) is 0.482. The summed E-state index contributed by atoms with van der Waals surface area (Å²) in [5.74, 6) is 0.197. The minimum Gasteiger partial charge on any atom is -0.207 e. The standard InChI is InChI=1S/C9H11F/c1-7-3-4-9(10)6-8(2)5-7/h3-7H,1-2H3/t7-/m0/s1. The molecule has 0 bridgehead atoms. The van der Waals surface area contributed by atoms with E-state index >= 15 is 0 Å². The Labute approximate surface area is 60.7 Å². The molecule has 0 N–H and O–H groups in total. The molecule has 1 aliphatic carbocycles. The maximum Gasteiger partial charge on any atom is 0.123 e. The predicted molar refractivity (Wildman–Crippen MR) is 41.3 cm³/mol. The lowest BCUT2D eigenvalue weighted by Gasteiger charge is -1.94. The molecule has 10 heavy (non-hydrogen) atoms. The molecule has 0 fully saturated rings. The molecule has 0 nitrogen and oxygen atoms in total. The summed E-state index contributed by atoms with van der Waals surface area (Å²) in [6, 6.07) is 0. The molecular weight excluding hydrogens is 127 g/mol. The zero-order valence-corrected chi connectivity index (χ0v) is 6.26. The first-order valence-electron chi connectivity index (χ1n) is 3.42. The second kappa shape index (κ2) is 2.82. The van der Waals surface area contributed by atoms with Crippen LogP contribution in [0.5, 0.6) is 0 Å². The highest BCUT2D eigenvalue weighted by atomic mass is 19.1. The van der Waals surface area contributed by atoms with E-state index < -0.39 is 0 Å². The molecule has 1 heteroatoms. The average Bonchev–Trinajstić information content (AvgIpc) is 1.93. The molecule has 1 atom stereocenters. The van der Waals surface area contributed by atoms with Crippen LogP contribution in [0.2, 0.25) is 0 Å². The molecule has 1 rings (SSSR count). The van der Waals surface area contributed by atoms with Crippen molar-refractivity contribution in [2.45, 2.75) is 13.8 Å². The third-order valence-corrected chi connectivity index (χ3v) is 1.45. The summed E-state index contributed by atoms with van der Waals surface area (Å²) in [6.45, 7) is 3.94. The second-order valence-electron chi connectivity index (χ2n) is 2.66. The minimum atomic E-state index is -0.155. The molecule has 0 aromatic heterocycles. The summed E-state index contributed by atoms with van der Waals surface area (Å²) in [7, 11) is 0. The van der Waals surface area contributed by atoms with E-state index in [0.29, 0.717) is 5.92 Å². The van der Waals surface area contributed by atoms with E-state index in [0.717, 1.165) is 5.57 Å². The van der Waals surface area contributed by atoms with Crippen LogP contribution in [0, 0.1) is 5.92 Å². The highest BCUT2D eigenvalue weighted by molar-refractivity contribution is 5.29. The lowest BCUT2D eigenvalue weighted by Crippen LogP contribution is -1.80. The lowest BCUT2D eigenvalue weighted by atomic mass is 10.1. The van der Waals surface area contributed by atoms with Crippen molar-refractivity contribution >= 4 is 0 Å². The monoisotopic (exact) mass is 138 g/mol. The fourth-order valence-electron chi connectivity index (χ4n) is 1.03. The largest absolute Gasteiger partial charge is 0.207 e. The molecule has 0 unspecified atom stereocenters. The Morgan fingerprint density at radius 1 is 1.50 bits per heavy atom. The minimum absolute atomic E-state index is 0.155. The number of hydrogen-bond acceptors (Lipinski definition) is 0. The molecular formula is C9H11F. The van der Waals surface area contributed by atoms with Gasteiger partial charge in [0.15, 0.2) is 0 Å². The second-order valence-corrected chi connectivity index (χ2v) is 2.66. The highest BCUT2D eigenvalue weighted by Gasteiger charge is 1.98. The van der Waals surface area contributed by atoms with Gasteiger partial charge in [0.2, 0.25) is 0 Å². The number of rotatable bonds is 0. The van der Waals surface area contributed by atoms with Gasteiger partial charge in [-0.3, -0.25) is 0 Å². The van der Waals surface area contributed by atoms with Crippen LogP contribution in [0.1, 0.15) is 13.8 Å². The topological polar surface area (TPSA) is 0 Å². The van der Waals surface area contributed by atoms with Gasteiger partial charge in [-0.1, -0.05) is 24.6 Å². The van der Waals surface area contributed by atoms with Crippen molar-refractivity contribution in [1.29, 1.82) is 0 Å². The van der Waals surface area contributed by atoms with Gasteiger partial charge < -0.3 is 0 Å². The van der Waals surface area contributed by atoms with Crippen molar-refractivity contribution in [1.82, 2.24) is 0 Å². The average molecular weight is 138 g/mol. The molecule has 0 saturated heterocycles. The fourth-order valence-corrected chi connectivity index (χ4v) is 1.03. The van der Waals surface area contributed by atoms with Gasteiger partial charge in [-0.25, -0.2) is 4.39 Å². The van der Waals surface area contributed by atoms with Gasteiger partial charge in [0.25, 0.3) is 0 Å². The summed E-state index contributed by atoms with van der Waals surface area (Å²) in [4.78, 5) is 0. The van der Waals surface area contributed by atoms with Gasteiger partial charge in [0.05, 0.1) is 0 Å². The summed E-state index contributed by atoms with van der Waals surface area (Å²) in [6.07, 6.45) is 6.93. The van der Waals surface area contributed by atoms with E-state index in [9.17, 15) is 4.39 Å². The molecule has 1 aliphatic rings. The Bertz CT molecular complexity index is 209. The van der Waals surface area contributed by atoms with Crippen LogP contribution >= 0.6 is 0 Å². The summed E-state index contributed by atoms with van der Waals surface area (Å²) >= 11 is 0. The van der Waals surface area contributed by atoms with Crippen LogP contribution in [0.15, 0.2) is 35.7 Å². The Balaban J connectivity index is 2.88. The van der Waals surface area contributed by atoms with Crippen molar-refractivity contribution in [3.8, 4) is 0 Å². The Kier molecular flexibility index (Phi) is 2.05. The molecule has 0 spiro atoms. The smallest absolute Gasteiger partial charge is 0.123 e. The van der Waals surface area contributed by atoms with Crippen LogP contribution in [0.4, 0.5) is 4.39 Å². The maximum absolute atomic E-state index is 12.6. The van der Waals surface area contributed by atoms with Crippen molar-refractivity contribution < 1.29 is 4.39 Å². The van der Waals surface area contributed by atoms with Gasteiger partial charge in [0, 0.05) is 0 Å². The van der Waals surface area contributed by atoms with Crippen molar-refractivity contribution in [2.24, 2.45) is 5.92 Å². The Hall–Kier alpha value is -0.850. The van der Waals surface area contributed by atoms with Gasteiger partial charge in [-0.15, -0.1) is 0 Å². The molecule has 0 amide bonds. The zero-order chi connectivity index (χ0) is 7.56. The lowest BCUT2D eigenvalue weighted by molar-refractivity contribution is 0.665. The Morgan fingerprint density at radius 3 is 2.90 bits per heavy atom. The molecule has 54 valence electrons. The number of halogens is 1. The fraction of sp³-hybridized carbons (Fsp3) is 0.333. The SMILES string of the molecule is CC1=C[C@@H](C)C=CC(F)=C1. The van der Waals surface area contributed by atoms with Crippen molar-refractivity contribution in [3.05, 3.63) is 35.7 Å². The highest BCUT2D eigenvalue weighted by Crippen LogP contribution is 2.14. The van der Waals surface area contributed by atoms with E-state index in [1.54, 1.807) is 6.08 Å². The maximum atomic E-state index is 12.6. The van der Waals surface area contributed by atoms with Crippen molar-refractivity contribution in [2.75, 3.05) is 0 Å². The summed E-state index contributed by atoms with van der Waals surface area (Å²) < 4.78 is 12.6. The van der Waals surface area contributed by atoms with E-state index in [1.165, 1.54) is 6.08 Å². The first kappa shape index (κ1) is 7.26. The van der Waals surface area contributed by atoms with Crippen molar-refractivity contribution in [3.63, 3.8) is 0 Å². The van der Waals surface area contributed by atoms with Gasteiger partial charge >= 0.3 is 0 Å². The van der Waals surface area contributed by atoms with Crippen LogP contribution in [0.3, 0.4) is 0 Å². The van der Waals surface area contributed by atoms with Gasteiger partial charge in [-0.05, 0) is 25.0 Å². The first-order chi connectivity index (χ1) is 4.68. The van der Waals surface area contributed by atoms with Gasteiger partial charge in [0.1, 0.15) is 5.83 Å². The zero-order valence-electron chi connectivity index (χ0n) is 6.26. The number of allylic oxidation sites excluding steroid dienone is 6. The molecule has 0 aromatic rings. The molecule has 0 saturated carbocycles. The van der Waals surface area contributed by atoms with Crippen LogP contribution in [-0.2, 0) is 0 Å². The predicted octanol–water partition coefficient (Wildman–Crippen LogP) is 2.99. The summed E-state index contributed by atoms with van der Waals surface area (Å²) in [5, 5.41) is 0. The number of hydrogen-bond donors (Lipinski definition) is 0. The third-order valence-electron chi connectivity index (χ3n) is 1.45. The molecule has 0 radical (unpaired) electrons. The molecule has 0 aliphatic heterocycles. The molecule has 0 aromatic carbocycles. The van der Waals surface area contributed by atoms with E-state index in [4.69, 9.17) is 0 Å². The van der Waals surface area contributed by atoms with E-state index in [2.05, 4.69) is 0 Å². The Morgan fingerprint density at radius 2 is 2.20 bits per heavy atom. The van der Waals surface area contributed by atoms with Crippen LogP contribution in [0.25, 0.3) is 0 Å². The normalized spacial score (nSPS) is 25.3. The van der Waals surface area contributed by atoms with E-state index in [-0.39, 0.29) is 5.83 Å². The van der Waals surface area contributed by atoms with E-state index in [1.807, 2.05) is 26.0 Å². The van der Waals surface area contributed by atoms with Crippen LogP contribution in [-0.4, -0.2) is 0 Å².